The summed E-state index contributed by atoms with van der Waals surface area (Å²) in [6.45, 7) is 4.43. The Labute approximate surface area is 170 Å². The molecule has 0 radical (unpaired) electrons. The summed E-state index contributed by atoms with van der Waals surface area (Å²) in [5, 5.41) is 5.26. The minimum atomic E-state index is -0.908. The number of fused-ring (bicyclic) bond motifs is 1. The quantitative estimate of drug-likeness (QED) is 0.460. The molecule has 8 heteroatoms. The molecule has 1 atom stereocenters. The molecule has 1 aliphatic rings. The fourth-order valence-electron chi connectivity index (χ4n) is 3.22. The predicted octanol–water partition coefficient (Wildman–Crippen LogP) is 1.64. The molecule has 0 spiro atoms. The molecule has 4 amide bonds. The van der Waals surface area contributed by atoms with Crippen LogP contribution in [0.3, 0.4) is 0 Å². The number of hydrogen-bond donors (Lipinski definition) is 2. The predicted molar refractivity (Wildman–Crippen MR) is 111 cm³/mol. The van der Waals surface area contributed by atoms with Crippen LogP contribution in [0.15, 0.2) is 30.9 Å². The molecule has 2 N–H and O–H groups in total. The first-order chi connectivity index (χ1) is 13.8. The average molecular weight is 400 g/mol. The SMILES string of the molecule is C=CCCC(C(=O)NC)N1C(=O)c2ccc(NC(=O)CCCN(C)C)cc2C1=O. The van der Waals surface area contributed by atoms with E-state index in [1.807, 2.05) is 19.0 Å². The number of imide groups is 1. The van der Waals surface area contributed by atoms with Crippen molar-refractivity contribution in [1.29, 1.82) is 0 Å². The Bertz CT molecular complexity index is 819. The van der Waals surface area contributed by atoms with E-state index >= 15 is 0 Å². The van der Waals surface area contributed by atoms with Gasteiger partial charge < -0.3 is 15.5 Å². The molecule has 156 valence electrons. The average Bonchev–Trinajstić information content (AvgIpc) is 2.92. The minimum absolute atomic E-state index is 0.158. The van der Waals surface area contributed by atoms with E-state index in [9.17, 15) is 19.2 Å². The maximum atomic E-state index is 12.9. The lowest BCUT2D eigenvalue weighted by Crippen LogP contribution is -2.48. The van der Waals surface area contributed by atoms with E-state index < -0.39 is 23.8 Å². The first-order valence-corrected chi connectivity index (χ1v) is 9.59. The van der Waals surface area contributed by atoms with Gasteiger partial charge in [0.25, 0.3) is 11.8 Å². The highest BCUT2D eigenvalue weighted by molar-refractivity contribution is 6.23. The second kappa shape index (κ2) is 9.97. The number of allylic oxidation sites excluding steroid dienone is 1. The monoisotopic (exact) mass is 400 g/mol. The van der Waals surface area contributed by atoms with Gasteiger partial charge in [-0.05, 0) is 58.1 Å². The highest BCUT2D eigenvalue weighted by Gasteiger charge is 2.42. The van der Waals surface area contributed by atoms with Crippen molar-refractivity contribution >= 4 is 29.3 Å². The van der Waals surface area contributed by atoms with E-state index in [-0.39, 0.29) is 17.0 Å². The van der Waals surface area contributed by atoms with Gasteiger partial charge in [0.2, 0.25) is 11.8 Å². The Morgan fingerprint density at radius 2 is 1.90 bits per heavy atom. The second-order valence-electron chi connectivity index (χ2n) is 7.19. The van der Waals surface area contributed by atoms with Crippen molar-refractivity contribution in [3.05, 3.63) is 42.0 Å². The van der Waals surface area contributed by atoms with Crippen LogP contribution in [0.2, 0.25) is 0 Å². The van der Waals surface area contributed by atoms with Crippen LogP contribution < -0.4 is 10.6 Å². The molecule has 1 aliphatic heterocycles. The van der Waals surface area contributed by atoms with Gasteiger partial charge in [0.15, 0.2) is 0 Å². The van der Waals surface area contributed by atoms with Crippen molar-refractivity contribution in [2.24, 2.45) is 0 Å². The Morgan fingerprint density at radius 1 is 1.21 bits per heavy atom. The number of carbonyl (C=O) groups is 4. The number of nitrogens with one attached hydrogen (secondary N) is 2. The molecule has 2 rings (SSSR count). The van der Waals surface area contributed by atoms with Gasteiger partial charge in [-0.3, -0.25) is 24.1 Å². The third kappa shape index (κ3) is 5.29. The summed E-state index contributed by atoms with van der Waals surface area (Å²) in [6, 6.07) is 3.69. The molecule has 0 aromatic heterocycles. The van der Waals surface area contributed by atoms with Crippen molar-refractivity contribution in [2.45, 2.75) is 31.7 Å². The van der Waals surface area contributed by atoms with Crippen LogP contribution in [-0.2, 0) is 9.59 Å². The fraction of sp³-hybridized carbons (Fsp3) is 0.429. The van der Waals surface area contributed by atoms with Gasteiger partial charge in [0.05, 0.1) is 11.1 Å². The molecular formula is C21H28N4O4. The molecule has 0 bridgehead atoms. The molecule has 1 aromatic rings. The van der Waals surface area contributed by atoms with Crippen molar-refractivity contribution in [3.8, 4) is 0 Å². The molecule has 0 saturated heterocycles. The zero-order valence-electron chi connectivity index (χ0n) is 17.2. The summed E-state index contributed by atoms with van der Waals surface area (Å²) >= 11 is 0. The maximum Gasteiger partial charge on any atom is 0.262 e. The van der Waals surface area contributed by atoms with Crippen LogP contribution in [0.1, 0.15) is 46.4 Å². The van der Waals surface area contributed by atoms with E-state index in [0.717, 1.165) is 11.4 Å². The van der Waals surface area contributed by atoms with Crippen LogP contribution in [0.5, 0.6) is 0 Å². The van der Waals surface area contributed by atoms with E-state index in [2.05, 4.69) is 17.2 Å². The molecule has 0 aliphatic carbocycles. The highest BCUT2D eigenvalue weighted by atomic mass is 16.2. The number of anilines is 1. The number of amides is 4. The van der Waals surface area contributed by atoms with Gasteiger partial charge in [0, 0.05) is 19.2 Å². The van der Waals surface area contributed by atoms with Crippen molar-refractivity contribution in [3.63, 3.8) is 0 Å². The largest absolute Gasteiger partial charge is 0.357 e. The topological polar surface area (TPSA) is 98.8 Å². The van der Waals surface area contributed by atoms with Crippen LogP contribution in [0.25, 0.3) is 0 Å². The number of hydrogen-bond acceptors (Lipinski definition) is 5. The lowest BCUT2D eigenvalue weighted by Gasteiger charge is -2.24. The number of likely N-dealkylation sites (N-methyl/N-ethyl adjacent to an activating group) is 1. The standard InChI is InChI=1S/C21H28N4O4/c1-5-6-8-17(19(27)22-2)25-20(28)15-11-10-14(13-16(15)21(25)29)23-18(26)9-7-12-24(3)4/h5,10-11,13,17H,1,6-9,12H2,2-4H3,(H,22,27)(H,23,26). The van der Waals surface area contributed by atoms with Gasteiger partial charge in [-0.1, -0.05) is 6.08 Å². The van der Waals surface area contributed by atoms with Gasteiger partial charge in [-0.2, -0.15) is 0 Å². The Morgan fingerprint density at radius 3 is 2.52 bits per heavy atom. The lowest BCUT2D eigenvalue weighted by molar-refractivity contribution is -0.124. The van der Waals surface area contributed by atoms with Crippen LogP contribution >= 0.6 is 0 Å². The van der Waals surface area contributed by atoms with Gasteiger partial charge in [-0.25, -0.2) is 0 Å². The molecule has 0 saturated carbocycles. The number of rotatable bonds is 10. The van der Waals surface area contributed by atoms with Gasteiger partial charge in [-0.15, -0.1) is 6.58 Å². The molecule has 8 nitrogen and oxygen atoms in total. The minimum Gasteiger partial charge on any atom is -0.357 e. The highest BCUT2D eigenvalue weighted by Crippen LogP contribution is 2.29. The lowest BCUT2D eigenvalue weighted by atomic mass is 10.1. The Kier molecular flexibility index (Phi) is 7.67. The van der Waals surface area contributed by atoms with Crippen LogP contribution in [-0.4, -0.2) is 67.2 Å². The molecule has 1 unspecified atom stereocenters. The number of carbonyl (C=O) groups excluding carboxylic acids is 4. The summed E-state index contributed by atoms with van der Waals surface area (Å²) < 4.78 is 0. The zero-order chi connectivity index (χ0) is 21.6. The third-order valence-electron chi connectivity index (χ3n) is 4.72. The zero-order valence-corrected chi connectivity index (χ0v) is 17.2. The van der Waals surface area contributed by atoms with Crippen LogP contribution in [0, 0.1) is 0 Å². The van der Waals surface area contributed by atoms with E-state index in [0.29, 0.717) is 31.4 Å². The van der Waals surface area contributed by atoms with Crippen molar-refractivity contribution in [1.82, 2.24) is 15.1 Å². The summed E-state index contributed by atoms with van der Waals surface area (Å²) in [5.41, 5.74) is 0.867. The molecule has 0 fully saturated rings. The maximum absolute atomic E-state index is 12.9. The first kappa shape index (κ1) is 22.3. The molecule has 1 heterocycles. The molecular weight excluding hydrogens is 372 g/mol. The normalized spacial score (nSPS) is 14.0. The van der Waals surface area contributed by atoms with E-state index in [1.54, 1.807) is 12.1 Å². The summed E-state index contributed by atoms with van der Waals surface area (Å²) in [4.78, 5) is 53.0. The first-order valence-electron chi connectivity index (χ1n) is 9.59. The summed E-state index contributed by atoms with van der Waals surface area (Å²) in [5.74, 6) is -1.61. The molecule has 1 aromatic carbocycles. The smallest absolute Gasteiger partial charge is 0.262 e. The second-order valence-corrected chi connectivity index (χ2v) is 7.19. The van der Waals surface area contributed by atoms with Gasteiger partial charge in [0.1, 0.15) is 6.04 Å². The van der Waals surface area contributed by atoms with Crippen molar-refractivity contribution < 1.29 is 19.2 Å². The Hall–Kier alpha value is -3.00. The van der Waals surface area contributed by atoms with Gasteiger partial charge >= 0.3 is 0 Å². The fourth-order valence-corrected chi connectivity index (χ4v) is 3.22. The third-order valence-corrected chi connectivity index (χ3v) is 4.72. The summed E-state index contributed by atoms with van der Waals surface area (Å²) in [6.07, 6.45) is 3.49. The molecule has 29 heavy (non-hydrogen) atoms. The van der Waals surface area contributed by atoms with E-state index in [4.69, 9.17) is 0 Å². The van der Waals surface area contributed by atoms with E-state index in [1.165, 1.54) is 19.2 Å². The van der Waals surface area contributed by atoms with Crippen LogP contribution in [0.4, 0.5) is 5.69 Å². The Balaban J connectivity index is 2.17. The number of nitrogens with zero attached hydrogens (tertiary/aromatic N) is 2. The summed E-state index contributed by atoms with van der Waals surface area (Å²) in [7, 11) is 5.34. The number of benzene rings is 1. The van der Waals surface area contributed by atoms with Crippen molar-refractivity contribution in [2.75, 3.05) is 33.0 Å².